The highest BCUT2D eigenvalue weighted by atomic mass is 79.9. The lowest BCUT2D eigenvalue weighted by Crippen LogP contribution is -2.18. The van der Waals surface area contributed by atoms with Crippen molar-refractivity contribution in [3.63, 3.8) is 0 Å². The average Bonchev–Trinajstić information content (AvgIpc) is 2.92. The van der Waals surface area contributed by atoms with E-state index in [-0.39, 0.29) is 12.0 Å². The molecule has 1 aliphatic heterocycles. The fourth-order valence-electron chi connectivity index (χ4n) is 2.10. The lowest BCUT2D eigenvalue weighted by molar-refractivity contribution is -0.117. The van der Waals surface area contributed by atoms with Crippen molar-refractivity contribution in [1.82, 2.24) is 0 Å². The summed E-state index contributed by atoms with van der Waals surface area (Å²) in [5.74, 6) is -0.0286. The number of carbonyl (C=O) groups is 1. The Bertz CT molecular complexity index is 458. The van der Waals surface area contributed by atoms with Crippen molar-refractivity contribution in [3.05, 3.63) is 28.2 Å². The summed E-state index contributed by atoms with van der Waals surface area (Å²) < 4.78 is 12.0. The van der Waals surface area contributed by atoms with E-state index in [1.165, 1.54) is 0 Å². The van der Waals surface area contributed by atoms with Crippen LogP contribution in [-0.2, 0) is 14.3 Å². The second-order valence-corrected chi connectivity index (χ2v) is 5.83. The molecule has 0 aliphatic carbocycles. The third kappa shape index (κ3) is 4.89. The van der Waals surface area contributed by atoms with Gasteiger partial charge in [-0.3, -0.25) is 4.79 Å². The molecular weight excluding hydrogens is 322 g/mol. The monoisotopic (exact) mass is 341 g/mol. The SMILES string of the molecule is Cc1cc(NC(=O)CCOC[C@@H]2CCCO2)ccc1Br. The number of rotatable bonds is 6. The number of benzene rings is 1. The Balaban J connectivity index is 1.65. The highest BCUT2D eigenvalue weighted by Crippen LogP contribution is 2.20. The number of hydrogen-bond acceptors (Lipinski definition) is 3. The molecule has 1 aromatic rings. The summed E-state index contributed by atoms with van der Waals surface area (Å²) in [5, 5.41) is 2.87. The van der Waals surface area contributed by atoms with Gasteiger partial charge < -0.3 is 14.8 Å². The number of halogens is 1. The molecule has 0 saturated carbocycles. The summed E-state index contributed by atoms with van der Waals surface area (Å²) in [5.41, 5.74) is 1.91. The van der Waals surface area contributed by atoms with E-state index in [2.05, 4.69) is 21.2 Å². The van der Waals surface area contributed by atoms with E-state index in [9.17, 15) is 4.79 Å². The average molecular weight is 342 g/mol. The molecule has 0 radical (unpaired) electrons. The zero-order chi connectivity index (χ0) is 14.4. The minimum atomic E-state index is -0.0286. The first-order valence-corrected chi connectivity index (χ1v) is 7.70. The largest absolute Gasteiger partial charge is 0.378 e. The smallest absolute Gasteiger partial charge is 0.226 e. The predicted molar refractivity (Wildman–Crippen MR) is 81.9 cm³/mol. The fourth-order valence-corrected chi connectivity index (χ4v) is 2.35. The van der Waals surface area contributed by atoms with Gasteiger partial charge in [0.1, 0.15) is 0 Å². The molecule has 4 nitrogen and oxygen atoms in total. The number of aryl methyl sites for hydroxylation is 1. The van der Waals surface area contributed by atoms with Gasteiger partial charge in [0.05, 0.1) is 25.7 Å². The van der Waals surface area contributed by atoms with Crippen LogP contribution in [0.3, 0.4) is 0 Å². The third-order valence-corrected chi connectivity index (χ3v) is 4.13. The van der Waals surface area contributed by atoms with E-state index >= 15 is 0 Å². The molecule has 1 amide bonds. The van der Waals surface area contributed by atoms with Gasteiger partial charge >= 0.3 is 0 Å². The van der Waals surface area contributed by atoms with Gasteiger partial charge in [-0.2, -0.15) is 0 Å². The van der Waals surface area contributed by atoms with E-state index < -0.39 is 0 Å². The van der Waals surface area contributed by atoms with Crippen LogP contribution < -0.4 is 5.32 Å². The number of nitrogens with one attached hydrogen (secondary N) is 1. The van der Waals surface area contributed by atoms with Gasteiger partial charge in [0.25, 0.3) is 0 Å². The molecule has 1 N–H and O–H groups in total. The molecule has 110 valence electrons. The summed E-state index contributed by atoms with van der Waals surface area (Å²) in [4.78, 5) is 11.8. The minimum absolute atomic E-state index is 0.0286. The molecule has 0 spiro atoms. The normalized spacial score (nSPS) is 18.2. The molecule has 1 heterocycles. The van der Waals surface area contributed by atoms with Crippen molar-refractivity contribution in [3.8, 4) is 0 Å². The number of hydrogen-bond donors (Lipinski definition) is 1. The van der Waals surface area contributed by atoms with Gasteiger partial charge in [0, 0.05) is 16.8 Å². The number of ether oxygens (including phenoxy) is 2. The van der Waals surface area contributed by atoms with Crippen molar-refractivity contribution >= 4 is 27.5 Å². The first kappa shape index (κ1) is 15.5. The Labute approximate surface area is 128 Å². The molecule has 1 saturated heterocycles. The highest BCUT2D eigenvalue weighted by molar-refractivity contribution is 9.10. The fraction of sp³-hybridized carbons (Fsp3) is 0.533. The molecule has 0 bridgehead atoms. The van der Waals surface area contributed by atoms with E-state index in [1.54, 1.807) is 0 Å². The summed E-state index contributed by atoms with van der Waals surface area (Å²) in [6.07, 6.45) is 2.75. The molecule has 1 atom stereocenters. The Morgan fingerprint density at radius 1 is 1.55 bits per heavy atom. The predicted octanol–water partition coefficient (Wildman–Crippen LogP) is 3.28. The standard InChI is InChI=1S/C15H20BrNO3/c1-11-9-12(4-5-14(11)16)17-15(18)6-8-19-10-13-3-2-7-20-13/h4-5,9,13H,2-3,6-8,10H2,1H3,(H,17,18)/t13-/m0/s1. The summed E-state index contributed by atoms with van der Waals surface area (Å²) in [6, 6.07) is 5.75. The first-order chi connectivity index (χ1) is 9.65. The third-order valence-electron chi connectivity index (χ3n) is 3.24. The molecule has 0 aromatic heterocycles. The van der Waals surface area contributed by atoms with Crippen molar-refractivity contribution in [2.24, 2.45) is 0 Å². The van der Waals surface area contributed by atoms with E-state index in [4.69, 9.17) is 9.47 Å². The topological polar surface area (TPSA) is 47.6 Å². The molecular formula is C15H20BrNO3. The van der Waals surface area contributed by atoms with Crippen LogP contribution in [0.4, 0.5) is 5.69 Å². The quantitative estimate of drug-likeness (QED) is 0.807. The van der Waals surface area contributed by atoms with Crippen LogP contribution in [0.2, 0.25) is 0 Å². The first-order valence-electron chi connectivity index (χ1n) is 6.90. The van der Waals surface area contributed by atoms with Crippen LogP contribution in [0.5, 0.6) is 0 Å². The minimum Gasteiger partial charge on any atom is -0.378 e. The van der Waals surface area contributed by atoms with Gasteiger partial charge in [-0.25, -0.2) is 0 Å². The van der Waals surface area contributed by atoms with Gasteiger partial charge in [-0.15, -0.1) is 0 Å². The summed E-state index contributed by atoms with van der Waals surface area (Å²) in [6.45, 7) is 3.84. The Kier molecular flexibility index (Phi) is 6.01. The van der Waals surface area contributed by atoms with Crippen LogP contribution in [0, 0.1) is 6.92 Å². The van der Waals surface area contributed by atoms with Crippen LogP contribution in [0.1, 0.15) is 24.8 Å². The maximum atomic E-state index is 11.8. The molecule has 1 fully saturated rings. The van der Waals surface area contributed by atoms with E-state index in [0.29, 0.717) is 19.6 Å². The second-order valence-electron chi connectivity index (χ2n) is 4.97. The Morgan fingerprint density at radius 3 is 3.10 bits per heavy atom. The molecule has 1 aliphatic rings. The van der Waals surface area contributed by atoms with Gasteiger partial charge in [-0.05, 0) is 43.5 Å². The molecule has 20 heavy (non-hydrogen) atoms. The van der Waals surface area contributed by atoms with E-state index in [0.717, 1.165) is 35.2 Å². The number of amides is 1. The number of carbonyl (C=O) groups excluding carboxylic acids is 1. The lowest BCUT2D eigenvalue weighted by atomic mass is 10.2. The molecule has 1 aromatic carbocycles. The summed E-state index contributed by atoms with van der Waals surface area (Å²) >= 11 is 3.43. The van der Waals surface area contributed by atoms with Gasteiger partial charge in [0.2, 0.25) is 5.91 Å². The molecule has 0 unspecified atom stereocenters. The molecule has 5 heteroatoms. The van der Waals surface area contributed by atoms with Crippen molar-refractivity contribution < 1.29 is 14.3 Å². The summed E-state index contributed by atoms with van der Waals surface area (Å²) in [7, 11) is 0. The number of anilines is 1. The van der Waals surface area contributed by atoms with Gasteiger partial charge in [-0.1, -0.05) is 15.9 Å². The zero-order valence-electron chi connectivity index (χ0n) is 11.7. The highest BCUT2D eigenvalue weighted by Gasteiger charge is 2.15. The van der Waals surface area contributed by atoms with Gasteiger partial charge in [0.15, 0.2) is 0 Å². The lowest BCUT2D eigenvalue weighted by Gasteiger charge is -2.10. The van der Waals surface area contributed by atoms with E-state index in [1.807, 2.05) is 25.1 Å². The van der Waals surface area contributed by atoms with Crippen molar-refractivity contribution in [2.75, 3.05) is 25.1 Å². The van der Waals surface area contributed by atoms with Crippen LogP contribution in [0.15, 0.2) is 22.7 Å². The molecule has 2 rings (SSSR count). The maximum Gasteiger partial charge on any atom is 0.226 e. The van der Waals surface area contributed by atoms with Crippen LogP contribution in [-0.4, -0.2) is 31.8 Å². The second kappa shape index (κ2) is 7.76. The maximum absolute atomic E-state index is 11.8. The van der Waals surface area contributed by atoms with Crippen LogP contribution >= 0.6 is 15.9 Å². The Hall–Kier alpha value is -0.910. The van der Waals surface area contributed by atoms with Crippen LogP contribution in [0.25, 0.3) is 0 Å². The van der Waals surface area contributed by atoms with Crippen molar-refractivity contribution in [1.29, 1.82) is 0 Å². The van der Waals surface area contributed by atoms with Crippen molar-refractivity contribution in [2.45, 2.75) is 32.3 Å². The Morgan fingerprint density at radius 2 is 2.40 bits per heavy atom. The zero-order valence-corrected chi connectivity index (χ0v) is 13.2.